The average Bonchev–Trinajstić information content (AvgIpc) is 3.31. The zero-order valence-corrected chi connectivity index (χ0v) is 15.9. The predicted molar refractivity (Wildman–Crippen MR) is 102 cm³/mol. The summed E-state index contributed by atoms with van der Waals surface area (Å²) in [6, 6.07) is 11.6. The first-order chi connectivity index (χ1) is 12.1. The molecule has 2 aromatic rings. The molecule has 3 rings (SSSR count). The summed E-state index contributed by atoms with van der Waals surface area (Å²) in [5, 5.41) is 5.64. The Morgan fingerprint density at radius 1 is 1.28 bits per heavy atom. The van der Waals surface area contributed by atoms with Gasteiger partial charge < -0.3 is 10.1 Å². The summed E-state index contributed by atoms with van der Waals surface area (Å²) >= 11 is 7.83. The number of hydrogen-bond donors (Lipinski definition) is 1. The Hall–Kier alpha value is -1.56. The number of ether oxygens (including phenoxy) is 1. The second-order valence-electron chi connectivity index (χ2n) is 6.21. The average molecular weight is 379 g/mol. The Bertz CT molecular complexity index is 686. The monoisotopic (exact) mass is 378 g/mol. The number of amides is 1. The topological polar surface area (TPSA) is 41.6 Å². The van der Waals surface area contributed by atoms with E-state index in [1.165, 1.54) is 17.7 Å². The van der Waals surface area contributed by atoms with Gasteiger partial charge in [-0.1, -0.05) is 29.8 Å². The van der Waals surface area contributed by atoms with E-state index in [1.807, 2.05) is 12.1 Å². The Labute approximate surface area is 157 Å². The first kappa shape index (κ1) is 18.2. The number of nitrogens with zero attached hydrogens (tertiary/aromatic N) is 1. The van der Waals surface area contributed by atoms with Crippen molar-refractivity contribution in [3.63, 3.8) is 0 Å². The summed E-state index contributed by atoms with van der Waals surface area (Å²) in [6.45, 7) is 4.51. The van der Waals surface area contributed by atoms with E-state index in [2.05, 4.69) is 27.7 Å². The van der Waals surface area contributed by atoms with E-state index in [9.17, 15) is 4.79 Å². The van der Waals surface area contributed by atoms with Gasteiger partial charge >= 0.3 is 0 Å². The number of likely N-dealkylation sites (tertiary alicyclic amines) is 1. The maximum atomic E-state index is 12.5. The van der Waals surface area contributed by atoms with Crippen molar-refractivity contribution in [1.82, 2.24) is 10.2 Å². The number of hydrogen-bond acceptors (Lipinski definition) is 4. The number of halogens is 1. The van der Waals surface area contributed by atoms with Crippen LogP contribution in [-0.4, -0.2) is 36.5 Å². The van der Waals surface area contributed by atoms with Gasteiger partial charge in [-0.25, -0.2) is 0 Å². The highest BCUT2D eigenvalue weighted by molar-refractivity contribution is 7.10. The largest absolute Gasteiger partial charge is 0.479 e. The molecule has 2 heterocycles. The van der Waals surface area contributed by atoms with E-state index in [0.29, 0.717) is 17.3 Å². The van der Waals surface area contributed by atoms with Crippen molar-refractivity contribution in [2.45, 2.75) is 31.9 Å². The minimum atomic E-state index is -0.595. The number of thiophene rings is 1. The van der Waals surface area contributed by atoms with E-state index < -0.39 is 6.10 Å². The second-order valence-corrected chi connectivity index (χ2v) is 7.60. The Kier molecular flexibility index (Phi) is 6.34. The van der Waals surface area contributed by atoms with Gasteiger partial charge in [0.25, 0.3) is 5.91 Å². The maximum absolute atomic E-state index is 12.5. The van der Waals surface area contributed by atoms with Crippen LogP contribution in [0.1, 0.15) is 30.7 Å². The normalized spacial score (nSPS) is 17.2. The van der Waals surface area contributed by atoms with Crippen molar-refractivity contribution in [3.8, 4) is 5.75 Å². The Morgan fingerprint density at radius 2 is 2.04 bits per heavy atom. The number of carbonyl (C=O) groups is 1. The van der Waals surface area contributed by atoms with Crippen molar-refractivity contribution in [2.24, 2.45) is 0 Å². The van der Waals surface area contributed by atoms with E-state index in [-0.39, 0.29) is 11.9 Å². The van der Waals surface area contributed by atoms with Crippen molar-refractivity contribution < 1.29 is 9.53 Å². The molecule has 4 nitrogen and oxygen atoms in total. The molecule has 134 valence electrons. The molecule has 0 spiro atoms. The number of rotatable bonds is 7. The van der Waals surface area contributed by atoms with Crippen molar-refractivity contribution in [1.29, 1.82) is 0 Å². The molecule has 1 N–H and O–H groups in total. The number of benzene rings is 1. The van der Waals surface area contributed by atoms with Crippen LogP contribution < -0.4 is 10.1 Å². The molecular formula is C19H23ClN2O2S. The highest BCUT2D eigenvalue weighted by Crippen LogP contribution is 2.28. The van der Waals surface area contributed by atoms with Gasteiger partial charge in [-0.2, -0.15) is 0 Å². The lowest BCUT2D eigenvalue weighted by molar-refractivity contribution is -0.127. The summed E-state index contributed by atoms with van der Waals surface area (Å²) in [7, 11) is 0. The molecule has 1 aliphatic heterocycles. The fourth-order valence-electron chi connectivity index (χ4n) is 3.07. The second kappa shape index (κ2) is 8.70. The van der Waals surface area contributed by atoms with Crippen LogP contribution in [0.15, 0.2) is 41.8 Å². The van der Waals surface area contributed by atoms with Gasteiger partial charge in [0.15, 0.2) is 6.10 Å². The maximum Gasteiger partial charge on any atom is 0.260 e. The van der Waals surface area contributed by atoms with E-state index in [0.717, 1.165) is 13.1 Å². The quantitative estimate of drug-likeness (QED) is 0.787. The van der Waals surface area contributed by atoms with Crippen LogP contribution in [0.25, 0.3) is 0 Å². The molecule has 0 aliphatic carbocycles. The Balaban J connectivity index is 1.58. The van der Waals surface area contributed by atoms with Gasteiger partial charge in [-0.3, -0.25) is 9.69 Å². The van der Waals surface area contributed by atoms with Crippen molar-refractivity contribution in [3.05, 3.63) is 51.7 Å². The minimum absolute atomic E-state index is 0.124. The molecule has 1 amide bonds. The van der Waals surface area contributed by atoms with Crippen LogP contribution in [0.4, 0.5) is 0 Å². The molecule has 2 unspecified atom stereocenters. The van der Waals surface area contributed by atoms with Crippen LogP contribution in [-0.2, 0) is 4.79 Å². The summed E-state index contributed by atoms with van der Waals surface area (Å²) in [4.78, 5) is 16.2. The molecule has 0 saturated carbocycles. The summed E-state index contributed by atoms with van der Waals surface area (Å²) < 4.78 is 5.70. The number of carbonyl (C=O) groups excluding carboxylic acids is 1. The number of para-hydroxylation sites is 1. The molecule has 1 aromatic carbocycles. The lowest BCUT2D eigenvalue weighted by atomic mass is 10.2. The minimum Gasteiger partial charge on any atom is -0.479 e. The fourth-order valence-corrected chi connectivity index (χ4v) is 4.11. The van der Waals surface area contributed by atoms with Crippen molar-refractivity contribution in [2.75, 3.05) is 19.6 Å². The van der Waals surface area contributed by atoms with E-state index in [1.54, 1.807) is 30.4 Å². The Morgan fingerprint density at radius 3 is 2.72 bits per heavy atom. The van der Waals surface area contributed by atoms with Crippen LogP contribution >= 0.6 is 22.9 Å². The fraction of sp³-hybridized carbons (Fsp3) is 0.421. The van der Waals surface area contributed by atoms with Crippen LogP contribution in [0.3, 0.4) is 0 Å². The van der Waals surface area contributed by atoms with Gasteiger partial charge in [0.2, 0.25) is 0 Å². The lowest BCUT2D eigenvalue weighted by Crippen LogP contribution is -2.41. The van der Waals surface area contributed by atoms with Gasteiger partial charge in [0.1, 0.15) is 5.75 Å². The summed E-state index contributed by atoms with van der Waals surface area (Å²) in [6.07, 6.45) is 1.85. The first-order valence-corrected chi connectivity index (χ1v) is 9.87. The summed E-state index contributed by atoms with van der Waals surface area (Å²) in [5.41, 5.74) is 0. The van der Waals surface area contributed by atoms with Gasteiger partial charge in [0, 0.05) is 11.4 Å². The van der Waals surface area contributed by atoms with Crippen LogP contribution in [0.5, 0.6) is 5.75 Å². The van der Waals surface area contributed by atoms with Gasteiger partial charge in [0.05, 0.1) is 11.1 Å². The third-order valence-electron chi connectivity index (χ3n) is 4.43. The third-order valence-corrected chi connectivity index (χ3v) is 5.72. The highest BCUT2D eigenvalue weighted by atomic mass is 35.5. The predicted octanol–water partition coefficient (Wildman–Crippen LogP) is 4.12. The van der Waals surface area contributed by atoms with Gasteiger partial charge in [-0.15, -0.1) is 11.3 Å². The third kappa shape index (κ3) is 4.75. The van der Waals surface area contributed by atoms with E-state index >= 15 is 0 Å². The highest BCUT2D eigenvalue weighted by Gasteiger charge is 2.25. The number of nitrogens with one attached hydrogen (secondary N) is 1. The molecular weight excluding hydrogens is 356 g/mol. The molecule has 1 fully saturated rings. The molecule has 6 heteroatoms. The zero-order chi connectivity index (χ0) is 17.6. The van der Waals surface area contributed by atoms with Crippen molar-refractivity contribution >= 4 is 28.8 Å². The molecule has 25 heavy (non-hydrogen) atoms. The smallest absolute Gasteiger partial charge is 0.260 e. The molecule has 1 aliphatic rings. The molecule has 1 aromatic heterocycles. The molecule has 0 radical (unpaired) electrons. The van der Waals surface area contributed by atoms with Gasteiger partial charge in [-0.05, 0) is 56.4 Å². The standard InChI is InChI=1S/C19H23ClN2O2S/c1-14(24-17-8-3-2-7-15(17)20)19(23)21-13-16(18-9-6-12-25-18)22-10-4-5-11-22/h2-3,6-9,12,14,16H,4-5,10-11,13H2,1H3,(H,21,23). The SMILES string of the molecule is CC(Oc1ccccc1Cl)C(=O)NCC(c1cccs1)N1CCCC1. The zero-order valence-electron chi connectivity index (χ0n) is 14.3. The van der Waals surface area contributed by atoms with E-state index in [4.69, 9.17) is 16.3 Å². The van der Waals surface area contributed by atoms with Crippen LogP contribution in [0, 0.1) is 0 Å². The summed E-state index contributed by atoms with van der Waals surface area (Å²) in [5.74, 6) is 0.404. The molecule has 0 bridgehead atoms. The molecule has 2 atom stereocenters. The lowest BCUT2D eigenvalue weighted by Gasteiger charge is -2.27. The molecule has 1 saturated heterocycles. The van der Waals surface area contributed by atoms with Crippen LogP contribution in [0.2, 0.25) is 5.02 Å². The first-order valence-electron chi connectivity index (χ1n) is 8.61.